The number of rotatable bonds is 5. The molecule has 3 N–H and O–H groups in total. The zero-order valence-electron chi connectivity index (χ0n) is 15.4. The molecule has 7 nitrogen and oxygen atoms in total. The lowest BCUT2D eigenvalue weighted by molar-refractivity contribution is -0.120. The Hall–Kier alpha value is -3.61. The molecular weight excluding hydrogens is 356 g/mol. The molecule has 1 aliphatic heterocycles. The normalized spacial score (nSPS) is 15.6. The van der Waals surface area contributed by atoms with Crippen LogP contribution in [0, 0.1) is 6.92 Å². The SMILES string of the molecule is Cc1nn(-c2ccccc2)c2c1[C@H](c1ccc(OCC(N)=O)cc1)CC(=O)N2. The molecule has 2 amide bonds. The number of anilines is 1. The van der Waals surface area contributed by atoms with Crippen molar-refractivity contribution in [2.24, 2.45) is 5.73 Å². The molecule has 0 unspecified atom stereocenters. The van der Waals surface area contributed by atoms with E-state index in [1.807, 2.05) is 49.4 Å². The average molecular weight is 376 g/mol. The first-order valence-electron chi connectivity index (χ1n) is 8.99. The average Bonchev–Trinajstić information content (AvgIpc) is 3.03. The van der Waals surface area contributed by atoms with E-state index in [9.17, 15) is 9.59 Å². The Morgan fingerprint density at radius 1 is 1.21 bits per heavy atom. The third-order valence-corrected chi connectivity index (χ3v) is 4.77. The number of fused-ring (bicyclic) bond motifs is 1. The topological polar surface area (TPSA) is 99.2 Å². The minimum atomic E-state index is -0.526. The molecular formula is C21H20N4O3. The van der Waals surface area contributed by atoms with Gasteiger partial charge in [-0.2, -0.15) is 5.10 Å². The van der Waals surface area contributed by atoms with Crippen molar-refractivity contribution in [3.63, 3.8) is 0 Å². The van der Waals surface area contributed by atoms with E-state index in [2.05, 4.69) is 10.4 Å². The predicted octanol–water partition coefficient (Wildman–Crippen LogP) is 2.52. The third-order valence-electron chi connectivity index (χ3n) is 4.77. The number of hydrogen-bond donors (Lipinski definition) is 2. The van der Waals surface area contributed by atoms with Crippen molar-refractivity contribution in [2.45, 2.75) is 19.3 Å². The molecule has 1 aliphatic rings. The Bertz CT molecular complexity index is 1030. The molecule has 142 valence electrons. The molecule has 4 rings (SSSR count). The summed E-state index contributed by atoms with van der Waals surface area (Å²) in [5.41, 5.74) is 8.86. The lowest BCUT2D eigenvalue weighted by Crippen LogP contribution is -2.25. The van der Waals surface area contributed by atoms with Crippen molar-refractivity contribution in [1.82, 2.24) is 9.78 Å². The Kier molecular flexibility index (Phi) is 4.57. The molecule has 28 heavy (non-hydrogen) atoms. The molecule has 2 aromatic carbocycles. The zero-order valence-corrected chi connectivity index (χ0v) is 15.4. The number of carbonyl (C=O) groups is 2. The first kappa shape index (κ1) is 17.8. The summed E-state index contributed by atoms with van der Waals surface area (Å²) in [6.07, 6.45) is 0.343. The van der Waals surface area contributed by atoms with Gasteiger partial charge in [-0.1, -0.05) is 30.3 Å². The van der Waals surface area contributed by atoms with Crippen LogP contribution >= 0.6 is 0 Å². The fourth-order valence-corrected chi connectivity index (χ4v) is 3.54. The first-order chi connectivity index (χ1) is 13.5. The van der Waals surface area contributed by atoms with Gasteiger partial charge < -0.3 is 15.8 Å². The molecule has 2 heterocycles. The van der Waals surface area contributed by atoms with Gasteiger partial charge in [0.15, 0.2) is 6.61 Å². The van der Waals surface area contributed by atoms with Gasteiger partial charge in [0, 0.05) is 17.9 Å². The molecule has 0 saturated carbocycles. The maximum atomic E-state index is 12.4. The van der Waals surface area contributed by atoms with Gasteiger partial charge in [0.05, 0.1) is 11.4 Å². The highest BCUT2D eigenvalue weighted by Crippen LogP contribution is 2.40. The standard InChI is InChI=1S/C21H20N4O3/c1-13-20-17(14-7-9-16(10-8-14)28-12-18(22)26)11-19(27)23-21(20)25(24-13)15-5-3-2-4-6-15/h2-10,17H,11-12H2,1H3,(H2,22,26)(H,23,27)/t17-/m0/s1. The minimum Gasteiger partial charge on any atom is -0.484 e. The van der Waals surface area contributed by atoms with Crippen LogP contribution in [-0.4, -0.2) is 28.2 Å². The second-order valence-corrected chi connectivity index (χ2v) is 6.72. The van der Waals surface area contributed by atoms with Gasteiger partial charge in [0.1, 0.15) is 11.6 Å². The predicted molar refractivity (Wildman–Crippen MR) is 105 cm³/mol. The van der Waals surface area contributed by atoms with Gasteiger partial charge >= 0.3 is 0 Å². The summed E-state index contributed by atoms with van der Waals surface area (Å²) in [5, 5.41) is 7.64. The molecule has 1 aromatic heterocycles. The highest BCUT2D eigenvalue weighted by atomic mass is 16.5. The number of aromatic nitrogens is 2. The molecule has 7 heteroatoms. The number of nitrogens with two attached hydrogens (primary N) is 1. The Morgan fingerprint density at radius 2 is 1.93 bits per heavy atom. The van der Waals surface area contributed by atoms with Gasteiger partial charge in [-0.15, -0.1) is 0 Å². The van der Waals surface area contributed by atoms with Gasteiger partial charge in [-0.05, 0) is 36.8 Å². The molecule has 0 fully saturated rings. The Balaban J connectivity index is 1.70. The fourth-order valence-electron chi connectivity index (χ4n) is 3.54. The third kappa shape index (κ3) is 3.34. The van der Waals surface area contributed by atoms with Crippen molar-refractivity contribution in [3.05, 3.63) is 71.4 Å². The number of ether oxygens (including phenoxy) is 1. The lowest BCUT2D eigenvalue weighted by Gasteiger charge is -2.24. The molecule has 0 spiro atoms. The summed E-state index contributed by atoms with van der Waals surface area (Å²) in [7, 11) is 0. The Morgan fingerprint density at radius 3 is 2.61 bits per heavy atom. The zero-order chi connectivity index (χ0) is 19.7. The van der Waals surface area contributed by atoms with Crippen LogP contribution in [0.15, 0.2) is 54.6 Å². The second kappa shape index (κ2) is 7.19. The number of hydrogen-bond acceptors (Lipinski definition) is 4. The number of para-hydroxylation sites is 1. The number of benzene rings is 2. The molecule has 0 saturated heterocycles. The van der Waals surface area contributed by atoms with Crippen LogP contribution in [-0.2, 0) is 9.59 Å². The molecule has 3 aromatic rings. The van der Waals surface area contributed by atoms with Crippen molar-refractivity contribution < 1.29 is 14.3 Å². The molecule has 1 atom stereocenters. The van der Waals surface area contributed by atoms with Crippen molar-refractivity contribution in [3.8, 4) is 11.4 Å². The van der Waals surface area contributed by atoms with E-state index < -0.39 is 5.91 Å². The maximum absolute atomic E-state index is 12.4. The number of nitrogens with one attached hydrogen (secondary N) is 1. The van der Waals surface area contributed by atoms with Crippen LogP contribution in [0.2, 0.25) is 0 Å². The highest BCUT2D eigenvalue weighted by Gasteiger charge is 2.32. The quantitative estimate of drug-likeness (QED) is 0.715. The Labute approximate surface area is 162 Å². The summed E-state index contributed by atoms with van der Waals surface area (Å²) in [6.45, 7) is 1.78. The monoisotopic (exact) mass is 376 g/mol. The van der Waals surface area contributed by atoms with E-state index >= 15 is 0 Å². The van der Waals surface area contributed by atoms with Gasteiger partial charge in [0.2, 0.25) is 5.91 Å². The van der Waals surface area contributed by atoms with E-state index in [1.54, 1.807) is 16.8 Å². The molecule has 0 radical (unpaired) electrons. The number of amides is 2. The minimum absolute atomic E-state index is 0.0522. The maximum Gasteiger partial charge on any atom is 0.255 e. The van der Waals surface area contributed by atoms with Gasteiger partial charge in [-0.3, -0.25) is 9.59 Å². The molecule has 0 aliphatic carbocycles. The van der Waals surface area contributed by atoms with Crippen molar-refractivity contribution >= 4 is 17.6 Å². The summed E-state index contributed by atoms with van der Waals surface area (Å²) in [6, 6.07) is 17.1. The van der Waals surface area contributed by atoms with E-state index in [1.165, 1.54) is 0 Å². The van der Waals surface area contributed by atoms with Crippen LogP contribution in [0.1, 0.15) is 29.2 Å². The summed E-state index contributed by atoms with van der Waals surface area (Å²) < 4.78 is 7.09. The highest BCUT2D eigenvalue weighted by molar-refractivity contribution is 5.95. The number of nitrogens with zero attached hydrogens (tertiary/aromatic N) is 2. The van der Waals surface area contributed by atoms with Gasteiger partial charge in [0.25, 0.3) is 5.91 Å². The number of primary amides is 1. The van der Waals surface area contributed by atoms with E-state index in [4.69, 9.17) is 10.5 Å². The van der Waals surface area contributed by atoms with E-state index in [0.717, 1.165) is 22.5 Å². The van der Waals surface area contributed by atoms with Crippen LogP contribution < -0.4 is 15.8 Å². The van der Waals surface area contributed by atoms with Crippen molar-refractivity contribution in [2.75, 3.05) is 11.9 Å². The van der Waals surface area contributed by atoms with Crippen LogP contribution in [0.5, 0.6) is 5.75 Å². The van der Waals surface area contributed by atoms with Gasteiger partial charge in [-0.25, -0.2) is 4.68 Å². The van der Waals surface area contributed by atoms with Crippen LogP contribution in [0.4, 0.5) is 5.82 Å². The summed E-state index contributed by atoms with van der Waals surface area (Å²) >= 11 is 0. The summed E-state index contributed by atoms with van der Waals surface area (Å²) in [4.78, 5) is 23.3. The first-order valence-corrected chi connectivity index (χ1v) is 8.99. The van der Waals surface area contributed by atoms with Crippen LogP contribution in [0.25, 0.3) is 5.69 Å². The van der Waals surface area contributed by atoms with Crippen molar-refractivity contribution in [1.29, 1.82) is 0 Å². The molecule has 0 bridgehead atoms. The lowest BCUT2D eigenvalue weighted by atomic mass is 9.86. The smallest absolute Gasteiger partial charge is 0.255 e. The van der Waals surface area contributed by atoms with Crippen LogP contribution in [0.3, 0.4) is 0 Å². The fraction of sp³-hybridized carbons (Fsp3) is 0.190. The van der Waals surface area contributed by atoms with E-state index in [-0.39, 0.29) is 18.4 Å². The number of carbonyl (C=O) groups excluding carboxylic acids is 2. The number of aryl methyl sites for hydroxylation is 1. The largest absolute Gasteiger partial charge is 0.484 e. The van der Waals surface area contributed by atoms with E-state index in [0.29, 0.717) is 18.0 Å². The second-order valence-electron chi connectivity index (χ2n) is 6.72. The summed E-state index contributed by atoms with van der Waals surface area (Å²) in [5.74, 6) is 0.579.